The molecular formula is C18H16N4O2S. The van der Waals surface area contributed by atoms with Crippen LogP contribution in [0.15, 0.2) is 27.3 Å². The molecule has 1 aliphatic carbocycles. The van der Waals surface area contributed by atoms with Gasteiger partial charge in [0, 0.05) is 17.7 Å². The van der Waals surface area contributed by atoms with Gasteiger partial charge in [0.25, 0.3) is 5.91 Å². The number of nitrogens with one attached hydrogen (secondary N) is 1. The average Bonchev–Trinajstić information content (AvgIpc) is 3.21. The predicted molar refractivity (Wildman–Crippen MR) is 97.3 cm³/mol. The van der Waals surface area contributed by atoms with Gasteiger partial charge in [0.15, 0.2) is 0 Å². The number of rotatable bonds is 2. The van der Waals surface area contributed by atoms with Crippen molar-refractivity contribution in [1.82, 2.24) is 10.3 Å². The van der Waals surface area contributed by atoms with E-state index in [2.05, 4.69) is 32.4 Å². The van der Waals surface area contributed by atoms with Crippen LogP contribution in [0.3, 0.4) is 0 Å². The molecule has 2 atom stereocenters. The molecule has 0 saturated heterocycles. The van der Waals surface area contributed by atoms with Crippen LogP contribution in [-0.4, -0.2) is 34.3 Å². The number of nitrogens with zero attached hydrogens (tertiary/aromatic N) is 3. The van der Waals surface area contributed by atoms with E-state index in [9.17, 15) is 9.90 Å². The lowest BCUT2D eigenvalue weighted by Crippen LogP contribution is -2.27. The molecule has 0 bridgehead atoms. The van der Waals surface area contributed by atoms with E-state index in [-0.39, 0.29) is 29.6 Å². The number of carbonyl (C=O) groups excluding carboxylic acids is 1. The third-order valence-electron chi connectivity index (χ3n) is 4.35. The van der Waals surface area contributed by atoms with Crippen LogP contribution in [0.1, 0.15) is 31.2 Å². The van der Waals surface area contributed by atoms with Crippen molar-refractivity contribution >= 4 is 45.7 Å². The number of aliphatic hydroxyl groups excluding tert-OH is 1. The van der Waals surface area contributed by atoms with E-state index in [0.29, 0.717) is 0 Å². The topological polar surface area (TPSA) is 86.9 Å². The molecule has 0 radical (unpaired) electrons. The molecule has 25 heavy (non-hydrogen) atoms. The first-order valence-electron chi connectivity index (χ1n) is 8.20. The first-order valence-corrected chi connectivity index (χ1v) is 9.08. The molecule has 4 rings (SSSR count). The molecule has 1 fully saturated rings. The number of guanidine groups is 1. The Bertz CT molecular complexity index is 899. The van der Waals surface area contributed by atoms with E-state index in [1.165, 1.54) is 11.3 Å². The zero-order valence-electron chi connectivity index (χ0n) is 13.4. The third kappa shape index (κ3) is 3.45. The number of hydrogen-bond acceptors (Lipinski definition) is 6. The fourth-order valence-corrected chi connectivity index (χ4v) is 3.66. The van der Waals surface area contributed by atoms with Crippen molar-refractivity contribution in [2.75, 3.05) is 0 Å². The SMILES string of the molecule is O=C1NC(/N=C\C2CCCC[C@H]2O)=NC/1=C\c1c#cc2ncsc2c1. The second-order valence-electron chi connectivity index (χ2n) is 6.13. The Morgan fingerprint density at radius 1 is 1.36 bits per heavy atom. The quantitative estimate of drug-likeness (QED) is 0.642. The summed E-state index contributed by atoms with van der Waals surface area (Å²) in [5.74, 6) is -0.0101. The fraction of sp³-hybridized carbons (Fsp3) is 0.333. The van der Waals surface area contributed by atoms with Crippen LogP contribution in [0.4, 0.5) is 0 Å². The Labute approximate surface area is 149 Å². The van der Waals surface area contributed by atoms with Gasteiger partial charge in [-0.15, -0.1) is 11.3 Å². The third-order valence-corrected chi connectivity index (χ3v) is 5.13. The molecule has 1 aromatic heterocycles. The van der Waals surface area contributed by atoms with Gasteiger partial charge in [-0.25, -0.2) is 15.0 Å². The second kappa shape index (κ2) is 6.75. The number of amides is 1. The van der Waals surface area contributed by atoms with E-state index in [0.717, 1.165) is 41.5 Å². The van der Waals surface area contributed by atoms with Crippen molar-refractivity contribution in [2.24, 2.45) is 15.9 Å². The molecular weight excluding hydrogens is 336 g/mol. The maximum atomic E-state index is 12.1. The van der Waals surface area contributed by atoms with Crippen molar-refractivity contribution < 1.29 is 9.90 Å². The minimum atomic E-state index is -0.360. The molecule has 2 N–H and O–H groups in total. The predicted octanol–water partition coefficient (Wildman–Crippen LogP) is 2.35. The Hall–Kier alpha value is -2.56. The summed E-state index contributed by atoms with van der Waals surface area (Å²) in [6, 6.07) is 7.84. The molecule has 1 aliphatic heterocycles. The summed E-state index contributed by atoms with van der Waals surface area (Å²) in [5.41, 5.74) is 3.52. The summed E-state index contributed by atoms with van der Waals surface area (Å²) in [6.07, 6.45) is 6.85. The Kier molecular flexibility index (Phi) is 4.30. The number of thiazole rings is 1. The first kappa shape index (κ1) is 15.9. The lowest BCUT2D eigenvalue weighted by atomic mass is 9.87. The highest BCUT2D eigenvalue weighted by molar-refractivity contribution is 7.16. The normalized spacial score (nSPS) is 25.4. The smallest absolute Gasteiger partial charge is 0.276 e. The molecule has 2 heterocycles. The zero-order chi connectivity index (χ0) is 17.2. The van der Waals surface area contributed by atoms with Crippen LogP contribution in [0.5, 0.6) is 0 Å². The summed E-state index contributed by atoms with van der Waals surface area (Å²) in [6.45, 7) is 0. The molecule has 7 heteroatoms. The largest absolute Gasteiger partial charge is 0.392 e. The number of hydrogen-bond donors (Lipinski definition) is 2. The number of aromatic nitrogens is 1. The Balaban J connectivity index is 1.53. The number of aliphatic hydroxyl groups is 1. The van der Waals surface area contributed by atoms with Crippen LogP contribution in [0.2, 0.25) is 0 Å². The van der Waals surface area contributed by atoms with Crippen molar-refractivity contribution in [3.8, 4) is 0 Å². The molecule has 126 valence electrons. The van der Waals surface area contributed by atoms with Crippen molar-refractivity contribution in [3.05, 3.63) is 35.0 Å². The standard InChI is InChI=1S/C18H16N4O2S/c23-15-4-2-1-3-12(15)9-19-18-21-14(17(24)22-18)7-11-5-6-13-16(8-11)25-10-20-13/h7-10,12,15,23H,1-4H2,(H,21,22,24)/b14-7-,19-9-/t12?,15-/m1/s1. The molecule has 1 aromatic carbocycles. The van der Waals surface area contributed by atoms with Crippen molar-refractivity contribution in [1.29, 1.82) is 0 Å². The van der Waals surface area contributed by atoms with Gasteiger partial charge < -0.3 is 5.11 Å². The molecule has 1 amide bonds. The molecule has 1 unspecified atom stereocenters. The maximum Gasteiger partial charge on any atom is 0.276 e. The molecule has 2 aromatic rings. The van der Waals surface area contributed by atoms with Crippen LogP contribution < -0.4 is 5.32 Å². The Morgan fingerprint density at radius 3 is 3.12 bits per heavy atom. The van der Waals surface area contributed by atoms with E-state index >= 15 is 0 Å². The maximum absolute atomic E-state index is 12.1. The molecule has 2 aliphatic rings. The minimum absolute atomic E-state index is 0.0260. The summed E-state index contributed by atoms with van der Waals surface area (Å²) in [4.78, 5) is 24.7. The van der Waals surface area contributed by atoms with Gasteiger partial charge in [0.1, 0.15) is 11.2 Å². The summed E-state index contributed by atoms with van der Waals surface area (Å²) >= 11 is 1.51. The molecule has 1 saturated carbocycles. The minimum Gasteiger partial charge on any atom is -0.392 e. The average molecular weight is 352 g/mol. The van der Waals surface area contributed by atoms with Gasteiger partial charge in [-0.1, -0.05) is 18.9 Å². The molecule has 6 nitrogen and oxygen atoms in total. The van der Waals surface area contributed by atoms with Crippen molar-refractivity contribution in [3.63, 3.8) is 0 Å². The van der Waals surface area contributed by atoms with E-state index in [4.69, 9.17) is 0 Å². The van der Waals surface area contributed by atoms with Gasteiger partial charge >= 0.3 is 0 Å². The van der Waals surface area contributed by atoms with Crippen molar-refractivity contribution in [2.45, 2.75) is 31.8 Å². The number of fused-ring (bicyclic) bond motifs is 1. The highest BCUT2D eigenvalue weighted by Crippen LogP contribution is 2.23. The van der Waals surface area contributed by atoms with Gasteiger partial charge in [-0.2, -0.15) is 0 Å². The van der Waals surface area contributed by atoms with Crippen LogP contribution in [0.25, 0.3) is 16.3 Å². The van der Waals surface area contributed by atoms with E-state index < -0.39 is 0 Å². The second-order valence-corrected chi connectivity index (χ2v) is 7.01. The first-order chi connectivity index (χ1) is 12.2. The molecule has 0 spiro atoms. The van der Waals surface area contributed by atoms with Gasteiger partial charge in [0.05, 0.1) is 16.3 Å². The van der Waals surface area contributed by atoms with E-state index in [1.54, 1.807) is 17.8 Å². The number of aliphatic imine (C=N–C) groups is 2. The monoisotopic (exact) mass is 352 g/mol. The summed E-state index contributed by atoms with van der Waals surface area (Å²) in [7, 11) is 0. The highest BCUT2D eigenvalue weighted by Gasteiger charge is 2.23. The fourth-order valence-electron chi connectivity index (χ4n) is 2.98. The Morgan fingerprint density at radius 2 is 2.24 bits per heavy atom. The van der Waals surface area contributed by atoms with Crippen LogP contribution in [-0.2, 0) is 4.79 Å². The number of carbonyl (C=O) groups is 1. The zero-order valence-corrected chi connectivity index (χ0v) is 14.2. The van der Waals surface area contributed by atoms with Crippen LogP contribution >= 0.6 is 11.3 Å². The lowest BCUT2D eigenvalue weighted by molar-refractivity contribution is -0.115. The van der Waals surface area contributed by atoms with Gasteiger partial charge in [-0.3, -0.25) is 10.1 Å². The lowest BCUT2D eigenvalue weighted by Gasteiger charge is -2.23. The summed E-state index contributed by atoms with van der Waals surface area (Å²) in [5, 5.41) is 12.6. The van der Waals surface area contributed by atoms with E-state index in [1.807, 2.05) is 6.07 Å². The van der Waals surface area contributed by atoms with Gasteiger partial charge in [0.2, 0.25) is 5.96 Å². The van der Waals surface area contributed by atoms with Gasteiger partial charge in [-0.05, 0) is 31.1 Å². The summed E-state index contributed by atoms with van der Waals surface area (Å²) < 4.78 is 0.984. The highest BCUT2D eigenvalue weighted by atomic mass is 32.1. The van der Waals surface area contributed by atoms with Crippen LogP contribution in [0, 0.1) is 18.1 Å².